The maximum Gasteiger partial charge on any atom is 0.149 e. The van der Waals surface area contributed by atoms with Gasteiger partial charge in [-0.25, -0.2) is 0 Å². The molecule has 1 aromatic rings. The Morgan fingerprint density at radius 1 is 1.17 bits per heavy atom. The second kappa shape index (κ2) is 5.04. The second-order valence-electron chi connectivity index (χ2n) is 7.75. The summed E-state index contributed by atoms with van der Waals surface area (Å²) in [4.78, 5) is 17.7. The smallest absolute Gasteiger partial charge is 0.149 e. The molecule has 0 spiro atoms. The number of carbonyl (C=O) groups excluding carboxylic acids is 1. The molecule has 4 saturated heterocycles. The molecule has 4 aliphatic heterocycles. The average molecular weight is 379 g/mol. The minimum atomic E-state index is -0.223. The highest BCUT2D eigenvalue weighted by atomic mass is 79.9. The number of Topliss-reactive ketones (excluding diaryl/α,β-unsaturated/α-hetero) is 1. The number of carbonyl (C=O) groups is 1. The Hall–Kier alpha value is -0.910. The minimum absolute atomic E-state index is 0.211. The third kappa shape index (κ3) is 2.20. The van der Waals surface area contributed by atoms with E-state index < -0.39 is 0 Å². The van der Waals surface area contributed by atoms with E-state index in [1.807, 2.05) is 19.1 Å². The number of piperidine rings is 2. The molecule has 124 valence electrons. The lowest BCUT2D eigenvalue weighted by atomic mass is 9.62. The van der Waals surface area contributed by atoms with Crippen LogP contribution in [-0.2, 0) is 4.79 Å². The van der Waals surface area contributed by atoms with Gasteiger partial charge in [-0.05, 0) is 25.1 Å². The second-order valence-corrected chi connectivity index (χ2v) is 8.66. The van der Waals surface area contributed by atoms with Crippen LogP contribution >= 0.6 is 15.9 Å². The molecule has 0 N–H and O–H groups in total. The highest BCUT2D eigenvalue weighted by Gasteiger charge is 2.62. The molecule has 0 saturated carbocycles. The standard InChI is InChI=1S/C18H23BrN2O2/c1-4-23-14-6-5-12(19)7-13(14)15-20-8-17(2)9-21(15)11-18(3,10-20)16(17)22/h5-7,15H,4,8-11H2,1-3H3. The molecule has 4 fully saturated rings. The van der Waals surface area contributed by atoms with E-state index in [9.17, 15) is 4.79 Å². The van der Waals surface area contributed by atoms with Gasteiger partial charge in [-0.1, -0.05) is 29.8 Å². The van der Waals surface area contributed by atoms with E-state index in [1.54, 1.807) is 0 Å². The van der Waals surface area contributed by atoms with Gasteiger partial charge in [0, 0.05) is 36.2 Å². The number of rotatable bonds is 3. The highest BCUT2D eigenvalue weighted by Crippen LogP contribution is 2.53. The van der Waals surface area contributed by atoms with Crippen LogP contribution in [0.25, 0.3) is 0 Å². The van der Waals surface area contributed by atoms with Gasteiger partial charge in [-0.2, -0.15) is 0 Å². The van der Waals surface area contributed by atoms with Crippen molar-refractivity contribution in [1.82, 2.24) is 9.80 Å². The van der Waals surface area contributed by atoms with Gasteiger partial charge in [0.15, 0.2) is 0 Å². The zero-order chi connectivity index (χ0) is 16.4. The number of ketones is 1. The Bertz CT molecular complexity index is 635. The summed E-state index contributed by atoms with van der Waals surface area (Å²) in [6, 6.07) is 6.25. The van der Waals surface area contributed by atoms with Crippen LogP contribution in [0.5, 0.6) is 5.75 Å². The van der Waals surface area contributed by atoms with E-state index in [2.05, 4.69) is 45.6 Å². The van der Waals surface area contributed by atoms with Crippen LogP contribution in [0, 0.1) is 10.8 Å². The molecule has 5 heteroatoms. The molecule has 0 radical (unpaired) electrons. The van der Waals surface area contributed by atoms with Crippen LogP contribution in [-0.4, -0.2) is 48.4 Å². The van der Waals surface area contributed by atoms with E-state index in [0.717, 1.165) is 36.4 Å². The quantitative estimate of drug-likeness (QED) is 0.808. The van der Waals surface area contributed by atoms with Gasteiger partial charge in [0.2, 0.25) is 0 Å². The third-order valence-corrected chi connectivity index (χ3v) is 6.04. The lowest BCUT2D eigenvalue weighted by molar-refractivity contribution is -0.197. The first kappa shape index (κ1) is 15.6. The van der Waals surface area contributed by atoms with Gasteiger partial charge >= 0.3 is 0 Å². The van der Waals surface area contributed by atoms with Crippen LogP contribution in [0.15, 0.2) is 22.7 Å². The first-order valence-electron chi connectivity index (χ1n) is 8.32. The van der Waals surface area contributed by atoms with Gasteiger partial charge in [0.05, 0.1) is 23.6 Å². The van der Waals surface area contributed by atoms with Crippen molar-refractivity contribution in [3.63, 3.8) is 0 Å². The zero-order valence-corrected chi connectivity index (χ0v) is 15.5. The Kier molecular flexibility index (Phi) is 3.42. The Balaban J connectivity index is 1.76. The number of hydrogen-bond acceptors (Lipinski definition) is 4. The van der Waals surface area contributed by atoms with Crippen molar-refractivity contribution in [2.75, 3.05) is 32.8 Å². The highest BCUT2D eigenvalue weighted by molar-refractivity contribution is 9.10. The van der Waals surface area contributed by atoms with Crippen molar-refractivity contribution in [2.45, 2.75) is 26.9 Å². The summed E-state index contributed by atoms with van der Waals surface area (Å²) in [7, 11) is 0. The van der Waals surface area contributed by atoms with Gasteiger partial charge in [0.1, 0.15) is 11.5 Å². The zero-order valence-electron chi connectivity index (χ0n) is 13.9. The Labute approximate surface area is 145 Å². The molecular weight excluding hydrogens is 356 g/mol. The molecular formula is C18H23BrN2O2. The van der Waals surface area contributed by atoms with Crippen molar-refractivity contribution < 1.29 is 9.53 Å². The fraction of sp³-hybridized carbons (Fsp3) is 0.611. The molecule has 4 nitrogen and oxygen atoms in total. The summed E-state index contributed by atoms with van der Waals surface area (Å²) in [5, 5.41) is 0. The monoisotopic (exact) mass is 378 g/mol. The van der Waals surface area contributed by atoms with Crippen molar-refractivity contribution in [3.05, 3.63) is 28.2 Å². The summed E-state index contributed by atoms with van der Waals surface area (Å²) >= 11 is 3.60. The molecule has 4 bridgehead atoms. The molecule has 0 amide bonds. The summed E-state index contributed by atoms with van der Waals surface area (Å²) in [6.45, 7) is 10.3. The number of hydrogen-bond donors (Lipinski definition) is 0. The molecule has 0 aromatic heterocycles. The van der Waals surface area contributed by atoms with Gasteiger partial charge in [0.25, 0.3) is 0 Å². The molecule has 23 heavy (non-hydrogen) atoms. The van der Waals surface area contributed by atoms with Crippen molar-refractivity contribution in [3.8, 4) is 5.75 Å². The van der Waals surface area contributed by atoms with Crippen LogP contribution in [0.3, 0.4) is 0 Å². The largest absolute Gasteiger partial charge is 0.493 e. The van der Waals surface area contributed by atoms with Crippen LogP contribution in [0.1, 0.15) is 32.5 Å². The molecule has 0 atom stereocenters. The number of ether oxygens (including phenoxy) is 1. The molecule has 4 aliphatic rings. The normalized spacial score (nSPS) is 41.4. The van der Waals surface area contributed by atoms with Crippen molar-refractivity contribution >= 4 is 21.7 Å². The van der Waals surface area contributed by atoms with Crippen molar-refractivity contribution in [1.29, 1.82) is 0 Å². The Morgan fingerprint density at radius 3 is 2.26 bits per heavy atom. The number of benzene rings is 1. The lowest BCUT2D eigenvalue weighted by Gasteiger charge is -2.64. The third-order valence-electron chi connectivity index (χ3n) is 5.55. The van der Waals surface area contributed by atoms with E-state index in [-0.39, 0.29) is 17.0 Å². The van der Waals surface area contributed by atoms with E-state index in [1.165, 1.54) is 5.56 Å². The first-order chi connectivity index (χ1) is 10.9. The fourth-order valence-corrected chi connectivity index (χ4v) is 5.38. The van der Waals surface area contributed by atoms with E-state index in [4.69, 9.17) is 4.74 Å². The summed E-state index contributed by atoms with van der Waals surface area (Å²) in [6.07, 6.45) is 0.211. The van der Waals surface area contributed by atoms with Crippen LogP contribution in [0.2, 0.25) is 0 Å². The average Bonchev–Trinajstić information content (AvgIpc) is 2.46. The molecule has 1 aromatic carbocycles. The lowest BCUT2D eigenvalue weighted by Crippen LogP contribution is -2.75. The van der Waals surface area contributed by atoms with Gasteiger partial charge in [-0.3, -0.25) is 14.6 Å². The van der Waals surface area contributed by atoms with Crippen molar-refractivity contribution in [2.24, 2.45) is 10.8 Å². The first-order valence-corrected chi connectivity index (χ1v) is 9.11. The topological polar surface area (TPSA) is 32.8 Å². The SMILES string of the molecule is CCOc1ccc(Br)cc1C1N2CC3(C)CN1CC(C)(C2)C3=O. The number of halogens is 1. The summed E-state index contributed by atoms with van der Waals surface area (Å²) < 4.78 is 6.95. The summed E-state index contributed by atoms with van der Waals surface area (Å²) in [5.74, 6) is 1.41. The van der Waals surface area contributed by atoms with E-state index in [0.29, 0.717) is 12.4 Å². The van der Waals surface area contributed by atoms with E-state index >= 15 is 0 Å². The fourth-order valence-electron chi connectivity index (χ4n) is 5.00. The Morgan fingerprint density at radius 2 is 1.74 bits per heavy atom. The number of nitrogens with zero attached hydrogens (tertiary/aromatic N) is 2. The molecule has 4 heterocycles. The maximum atomic E-state index is 12.8. The van der Waals surface area contributed by atoms with Gasteiger partial charge in [-0.15, -0.1) is 0 Å². The van der Waals surface area contributed by atoms with Crippen LogP contribution < -0.4 is 4.74 Å². The minimum Gasteiger partial charge on any atom is -0.493 e. The summed E-state index contributed by atoms with van der Waals surface area (Å²) in [5.41, 5.74) is 0.763. The predicted octanol–water partition coefficient (Wildman–Crippen LogP) is 3.07. The molecule has 0 unspecified atom stereocenters. The van der Waals surface area contributed by atoms with Gasteiger partial charge < -0.3 is 4.74 Å². The molecule has 5 rings (SSSR count). The maximum absolute atomic E-state index is 12.8. The van der Waals surface area contributed by atoms with Crippen LogP contribution in [0.4, 0.5) is 0 Å². The molecule has 0 aliphatic carbocycles. The predicted molar refractivity (Wildman–Crippen MR) is 92.4 cm³/mol.